The lowest BCUT2D eigenvalue weighted by atomic mass is 10.3. The molecule has 0 saturated carbocycles. The summed E-state index contributed by atoms with van der Waals surface area (Å²) in [6, 6.07) is 0. The Balaban J connectivity index is 2.78. The first-order valence-electron chi connectivity index (χ1n) is 2.73. The Morgan fingerprint density at radius 1 is 1.50 bits per heavy atom. The number of carbonyl (C=O) groups excluding carboxylic acids is 1. The monoisotopic (exact) mass is 156 g/mol. The average molecular weight is 157 g/mol. The first kappa shape index (κ1) is 7.15. The van der Waals surface area contributed by atoms with Crippen LogP contribution in [0, 0.1) is 0 Å². The maximum absolute atomic E-state index is 9.96. The molecule has 0 unspecified atom stereocenters. The summed E-state index contributed by atoms with van der Waals surface area (Å²) in [4.78, 5) is 17.5. The van der Waals surface area contributed by atoms with Gasteiger partial charge < -0.3 is 4.79 Å². The Morgan fingerprint density at radius 2 is 2.30 bits per heavy atom. The molecule has 10 heavy (non-hydrogen) atoms. The van der Waals surface area contributed by atoms with E-state index in [1.54, 1.807) is 0 Å². The molecule has 3 nitrogen and oxygen atoms in total. The van der Waals surface area contributed by atoms with Gasteiger partial charge in [-0.3, -0.25) is 4.98 Å². The van der Waals surface area contributed by atoms with Gasteiger partial charge in [0.1, 0.15) is 11.4 Å². The van der Waals surface area contributed by atoms with Crippen molar-refractivity contribution in [3.8, 4) is 0 Å². The standard InChI is InChI=1S/C6H5ClN2O/c7-6-4-8-5(1-2-10)3-9-6/h2-4H,1H2. The maximum atomic E-state index is 9.96. The lowest BCUT2D eigenvalue weighted by Gasteiger charge is -1.90. The lowest BCUT2D eigenvalue weighted by molar-refractivity contribution is -0.107. The quantitative estimate of drug-likeness (QED) is 0.597. The molecule has 1 rings (SSSR count). The summed E-state index contributed by atoms with van der Waals surface area (Å²) in [5.74, 6) is 0. The molecule has 0 aliphatic rings. The predicted octanol–water partition coefficient (Wildman–Crippen LogP) is 0.871. The first-order valence-corrected chi connectivity index (χ1v) is 3.11. The molecule has 1 aromatic heterocycles. The molecular formula is C6H5ClN2O. The van der Waals surface area contributed by atoms with Crippen LogP contribution in [0.1, 0.15) is 5.69 Å². The van der Waals surface area contributed by atoms with Crippen molar-refractivity contribution in [2.75, 3.05) is 0 Å². The van der Waals surface area contributed by atoms with E-state index in [-0.39, 0.29) is 0 Å². The zero-order valence-electron chi connectivity index (χ0n) is 5.12. The van der Waals surface area contributed by atoms with E-state index < -0.39 is 0 Å². The van der Waals surface area contributed by atoms with Gasteiger partial charge in [-0.15, -0.1) is 0 Å². The maximum Gasteiger partial charge on any atom is 0.147 e. The fraction of sp³-hybridized carbons (Fsp3) is 0.167. The summed E-state index contributed by atoms with van der Waals surface area (Å²) in [7, 11) is 0. The minimum absolute atomic E-state index is 0.296. The molecule has 1 aromatic rings. The van der Waals surface area contributed by atoms with Crippen LogP contribution in [0.2, 0.25) is 5.15 Å². The van der Waals surface area contributed by atoms with Crippen molar-refractivity contribution in [3.05, 3.63) is 23.2 Å². The zero-order chi connectivity index (χ0) is 7.40. The van der Waals surface area contributed by atoms with Crippen LogP contribution >= 0.6 is 11.6 Å². The molecule has 52 valence electrons. The van der Waals surface area contributed by atoms with Crippen LogP contribution in [0.4, 0.5) is 0 Å². The number of hydrogen-bond donors (Lipinski definition) is 0. The van der Waals surface area contributed by atoms with Crippen LogP contribution < -0.4 is 0 Å². The van der Waals surface area contributed by atoms with E-state index in [4.69, 9.17) is 11.6 Å². The number of hydrogen-bond acceptors (Lipinski definition) is 3. The number of halogens is 1. The summed E-state index contributed by atoms with van der Waals surface area (Å²) in [5, 5.41) is 0.342. The molecule has 0 amide bonds. The molecule has 0 radical (unpaired) electrons. The van der Waals surface area contributed by atoms with Gasteiger partial charge in [-0.1, -0.05) is 11.6 Å². The average Bonchev–Trinajstić information content (AvgIpc) is 1.95. The van der Waals surface area contributed by atoms with Gasteiger partial charge in [0.15, 0.2) is 0 Å². The van der Waals surface area contributed by atoms with E-state index in [2.05, 4.69) is 9.97 Å². The molecule has 1 heterocycles. The molecule has 0 spiro atoms. The fourth-order valence-electron chi connectivity index (χ4n) is 0.530. The molecule has 0 aliphatic carbocycles. The number of aldehydes is 1. The van der Waals surface area contributed by atoms with Gasteiger partial charge >= 0.3 is 0 Å². The fourth-order valence-corrected chi connectivity index (χ4v) is 0.627. The van der Waals surface area contributed by atoms with Crippen LogP contribution in [0.3, 0.4) is 0 Å². The number of carbonyl (C=O) groups is 1. The summed E-state index contributed by atoms with van der Waals surface area (Å²) in [6.45, 7) is 0. The molecule has 0 fully saturated rings. The Bertz CT molecular complexity index is 222. The lowest BCUT2D eigenvalue weighted by Crippen LogP contribution is -1.91. The highest BCUT2D eigenvalue weighted by Gasteiger charge is 1.92. The van der Waals surface area contributed by atoms with E-state index in [0.29, 0.717) is 17.3 Å². The Kier molecular flexibility index (Phi) is 2.34. The van der Waals surface area contributed by atoms with E-state index in [1.165, 1.54) is 12.4 Å². The number of rotatable bonds is 2. The van der Waals surface area contributed by atoms with Gasteiger partial charge in [0, 0.05) is 6.42 Å². The van der Waals surface area contributed by atoms with Crippen molar-refractivity contribution >= 4 is 17.9 Å². The molecule has 0 N–H and O–H groups in total. The van der Waals surface area contributed by atoms with Crippen LogP contribution in [0.15, 0.2) is 12.4 Å². The van der Waals surface area contributed by atoms with Crippen molar-refractivity contribution in [1.29, 1.82) is 0 Å². The van der Waals surface area contributed by atoms with Gasteiger partial charge in [0.2, 0.25) is 0 Å². The Hall–Kier alpha value is -0.960. The highest BCUT2D eigenvalue weighted by molar-refractivity contribution is 6.29. The smallest absolute Gasteiger partial charge is 0.147 e. The molecular weight excluding hydrogens is 152 g/mol. The van der Waals surface area contributed by atoms with Crippen LogP contribution in [-0.4, -0.2) is 16.3 Å². The first-order chi connectivity index (χ1) is 4.83. The second kappa shape index (κ2) is 3.27. The van der Waals surface area contributed by atoms with Crippen molar-refractivity contribution in [2.45, 2.75) is 6.42 Å². The molecule has 0 aromatic carbocycles. The number of aromatic nitrogens is 2. The molecule has 4 heteroatoms. The van der Waals surface area contributed by atoms with Crippen LogP contribution in [-0.2, 0) is 11.2 Å². The molecule has 0 saturated heterocycles. The van der Waals surface area contributed by atoms with E-state index >= 15 is 0 Å². The molecule has 0 atom stereocenters. The third kappa shape index (κ3) is 1.77. The van der Waals surface area contributed by atoms with Gasteiger partial charge in [0.05, 0.1) is 18.1 Å². The van der Waals surface area contributed by atoms with Gasteiger partial charge in [-0.25, -0.2) is 4.98 Å². The minimum Gasteiger partial charge on any atom is -0.303 e. The molecule has 0 bridgehead atoms. The summed E-state index contributed by atoms with van der Waals surface area (Å²) in [6.07, 6.45) is 3.97. The highest BCUT2D eigenvalue weighted by atomic mass is 35.5. The highest BCUT2D eigenvalue weighted by Crippen LogP contribution is 2.00. The molecule has 0 aliphatic heterocycles. The summed E-state index contributed by atoms with van der Waals surface area (Å²) < 4.78 is 0. The third-order valence-electron chi connectivity index (χ3n) is 0.966. The van der Waals surface area contributed by atoms with Crippen LogP contribution in [0.25, 0.3) is 0 Å². The van der Waals surface area contributed by atoms with Crippen molar-refractivity contribution in [3.63, 3.8) is 0 Å². The second-order valence-electron chi connectivity index (χ2n) is 1.70. The second-order valence-corrected chi connectivity index (χ2v) is 2.09. The van der Waals surface area contributed by atoms with E-state index in [9.17, 15) is 4.79 Å². The van der Waals surface area contributed by atoms with Gasteiger partial charge in [-0.05, 0) is 0 Å². The normalized spacial score (nSPS) is 9.30. The number of nitrogens with zero attached hydrogens (tertiary/aromatic N) is 2. The van der Waals surface area contributed by atoms with Crippen molar-refractivity contribution < 1.29 is 4.79 Å². The van der Waals surface area contributed by atoms with E-state index in [0.717, 1.165) is 6.29 Å². The predicted molar refractivity (Wildman–Crippen MR) is 36.8 cm³/mol. The summed E-state index contributed by atoms with van der Waals surface area (Å²) in [5.41, 5.74) is 0.638. The van der Waals surface area contributed by atoms with Gasteiger partial charge in [0.25, 0.3) is 0 Å². The largest absolute Gasteiger partial charge is 0.303 e. The van der Waals surface area contributed by atoms with E-state index in [1.807, 2.05) is 0 Å². The minimum atomic E-state index is 0.296. The van der Waals surface area contributed by atoms with Crippen LogP contribution in [0.5, 0.6) is 0 Å². The Labute approximate surface area is 63.1 Å². The van der Waals surface area contributed by atoms with Crippen molar-refractivity contribution in [1.82, 2.24) is 9.97 Å². The Morgan fingerprint density at radius 3 is 2.80 bits per heavy atom. The van der Waals surface area contributed by atoms with Gasteiger partial charge in [-0.2, -0.15) is 0 Å². The summed E-state index contributed by atoms with van der Waals surface area (Å²) >= 11 is 5.45. The zero-order valence-corrected chi connectivity index (χ0v) is 5.88. The topological polar surface area (TPSA) is 42.9 Å². The van der Waals surface area contributed by atoms with Crippen molar-refractivity contribution in [2.24, 2.45) is 0 Å². The third-order valence-corrected chi connectivity index (χ3v) is 1.16. The SMILES string of the molecule is O=CCc1cnc(Cl)cn1.